The second kappa shape index (κ2) is 10.2. The average molecular weight is 429 g/mol. The summed E-state index contributed by atoms with van der Waals surface area (Å²) >= 11 is 0. The third-order valence-corrected chi connectivity index (χ3v) is 6.21. The van der Waals surface area contributed by atoms with Gasteiger partial charge < -0.3 is 14.1 Å². The van der Waals surface area contributed by atoms with E-state index in [-0.39, 0.29) is 17.7 Å². The third kappa shape index (κ3) is 5.60. The van der Waals surface area contributed by atoms with Gasteiger partial charge in [0, 0.05) is 31.8 Å². The number of ketones is 1. The fourth-order valence-corrected chi connectivity index (χ4v) is 4.44. The number of likely N-dealkylation sites (tertiary alicyclic amines) is 1. The van der Waals surface area contributed by atoms with Crippen LogP contribution in [-0.4, -0.2) is 60.4 Å². The molecular formula is C24H29FN2O4. The standard InChI is InChI=1S/C24H29FN2O4/c25-21-7-2-1-5-19(21)16-26-11-9-18(10-12-26)15-27(17-20-6-3-13-30-20)24(29)23(28)22-8-4-14-31-22/h1-2,4-5,7-8,14,18,20H,3,6,9-13,15-17H2. The molecule has 0 bridgehead atoms. The smallest absolute Gasteiger partial charge is 0.298 e. The molecule has 1 aromatic carbocycles. The highest BCUT2D eigenvalue weighted by atomic mass is 19.1. The SMILES string of the molecule is O=C(C(=O)N(CC1CCN(Cc2ccccc2F)CC1)CC1CCCO1)c1ccco1. The van der Waals surface area contributed by atoms with E-state index in [1.54, 1.807) is 17.0 Å². The number of halogens is 1. The number of ether oxygens (including phenoxy) is 1. The molecule has 2 fully saturated rings. The maximum absolute atomic E-state index is 13.9. The Morgan fingerprint density at radius 3 is 2.55 bits per heavy atom. The first kappa shape index (κ1) is 21.7. The molecule has 4 rings (SSSR count). The second-order valence-electron chi connectivity index (χ2n) is 8.46. The average Bonchev–Trinajstić information content (AvgIpc) is 3.49. The van der Waals surface area contributed by atoms with Crippen molar-refractivity contribution in [3.05, 3.63) is 59.8 Å². The van der Waals surface area contributed by atoms with E-state index in [1.165, 1.54) is 18.4 Å². The summed E-state index contributed by atoms with van der Waals surface area (Å²) in [6.07, 6.45) is 5.07. The molecular weight excluding hydrogens is 399 g/mol. The van der Waals surface area contributed by atoms with Gasteiger partial charge in [-0.15, -0.1) is 0 Å². The topological polar surface area (TPSA) is 63.0 Å². The molecule has 0 N–H and O–H groups in total. The fourth-order valence-electron chi connectivity index (χ4n) is 4.44. The Labute approximate surface area is 182 Å². The van der Waals surface area contributed by atoms with Crippen molar-refractivity contribution in [3.8, 4) is 0 Å². The van der Waals surface area contributed by atoms with Crippen LogP contribution in [0.1, 0.15) is 41.8 Å². The lowest BCUT2D eigenvalue weighted by Gasteiger charge is -2.35. The summed E-state index contributed by atoms with van der Waals surface area (Å²) in [6.45, 7) is 3.93. The van der Waals surface area contributed by atoms with Crippen molar-refractivity contribution in [1.82, 2.24) is 9.80 Å². The number of amides is 1. The van der Waals surface area contributed by atoms with Crippen molar-refractivity contribution in [2.75, 3.05) is 32.8 Å². The number of furan rings is 1. The largest absolute Gasteiger partial charge is 0.461 e. The molecule has 1 amide bonds. The van der Waals surface area contributed by atoms with Gasteiger partial charge in [-0.05, 0) is 62.9 Å². The molecule has 1 aromatic heterocycles. The van der Waals surface area contributed by atoms with Crippen molar-refractivity contribution in [2.45, 2.75) is 38.3 Å². The van der Waals surface area contributed by atoms with Crippen LogP contribution in [0.2, 0.25) is 0 Å². The first-order valence-electron chi connectivity index (χ1n) is 11.0. The number of rotatable bonds is 8. The minimum absolute atomic E-state index is 0.0190. The van der Waals surface area contributed by atoms with Crippen molar-refractivity contribution in [1.29, 1.82) is 0 Å². The van der Waals surface area contributed by atoms with Crippen molar-refractivity contribution < 1.29 is 23.1 Å². The first-order chi connectivity index (χ1) is 15.1. The third-order valence-electron chi connectivity index (χ3n) is 6.21. The molecule has 2 aliphatic heterocycles. The van der Waals surface area contributed by atoms with E-state index in [9.17, 15) is 14.0 Å². The van der Waals surface area contributed by atoms with E-state index in [1.807, 2.05) is 12.1 Å². The number of hydrogen-bond acceptors (Lipinski definition) is 5. The van der Waals surface area contributed by atoms with Gasteiger partial charge in [-0.1, -0.05) is 18.2 Å². The summed E-state index contributed by atoms with van der Waals surface area (Å²) in [7, 11) is 0. The van der Waals surface area contributed by atoms with E-state index in [0.717, 1.165) is 38.8 Å². The highest BCUT2D eigenvalue weighted by Crippen LogP contribution is 2.23. The summed E-state index contributed by atoms with van der Waals surface area (Å²) in [4.78, 5) is 29.4. The molecule has 0 spiro atoms. The number of hydrogen-bond donors (Lipinski definition) is 0. The van der Waals surface area contributed by atoms with E-state index in [4.69, 9.17) is 9.15 Å². The molecule has 6 nitrogen and oxygen atoms in total. The highest BCUT2D eigenvalue weighted by Gasteiger charge is 2.31. The molecule has 7 heteroatoms. The van der Waals surface area contributed by atoms with Gasteiger partial charge in [-0.25, -0.2) is 4.39 Å². The van der Waals surface area contributed by atoms with Gasteiger partial charge in [-0.3, -0.25) is 14.5 Å². The van der Waals surface area contributed by atoms with Gasteiger partial charge in [0.05, 0.1) is 12.4 Å². The van der Waals surface area contributed by atoms with Gasteiger partial charge in [0.2, 0.25) is 0 Å². The molecule has 0 aliphatic carbocycles. The van der Waals surface area contributed by atoms with Gasteiger partial charge >= 0.3 is 0 Å². The van der Waals surface area contributed by atoms with E-state index >= 15 is 0 Å². The minimum Gasteiger partial charge on any atom is -0.461 e. The number of nitrogens with zero attached hydrogens (tertiary/aromatic N) is 2. The number of carbonyl (C=O) groups excluding carboxylic acids is 2. The maximum Gasteiger partial charge on any atom is 0.298 e. The van der Waals surface area contributed by atoms with Crippen molar-refractivity contribution in [3.63, 3.8) is 0 Å². The number of benzene rings is 1. The molecule has 0 radical (unpaired) electrons. The number of carbonyl (C=O) groups is 2. The van der Waals surface area contributed by atoms with Crippen molar-refractivity contribution >= 4 is 11.7 Å². The van der Waals surface area contributed by atoms with Gasteiger partial charge in [0.15, 0.2) is 5.76 Å². The predicted octanol–water partition coefficient (Wildman–Crippen LogP) is 3.52. The van der Waals surface area contributed by atoms with Crippen LogP contribution in [0.4, 0.5) is 4.39 Å². The van der Waals surface area contributed by atoms with Crippen LogP contribution in [0.3, 0.4) is 0 Å². The molecule has 1 unspecified atom stereocenters. The van der Waals surface area contributed by atoms with Crippen LogP contribution in [0.25, 0.3) is 0 Å². The zero-order valence-corrected chi connectivity index (χ0v) is 17.7. The molecule has 31 heavy (non-hydrogen) atoms. The molecule has 2 aromatic rings. The molecule has 2 saturated heterocycles. The zero-order valence-electron chi connectivity index (χ0n) is 17.7. The van der Waals surface area contributed by atoms with E-state index in [0.29, 0.717) is 37.7 Å². The Morgan fingerprint density at radius 2 is 1.87 bits per heavy atom. The quantitative estimate of drug-likeness (QED) is 0.476. The highest BCUT2D eigenvalue weighted by molar-refractivity contribution is 6.41. The van der Waals surface area contributed by atoms with Crippen LogP contribution < -0.4 is 0 Å². The van der Waals surface area contributed by atoms with Crippen LogP contribution in [-0.2, 0) is 16.1 Å². The second-order valence-corrected chi connectivity index (χ2v) is 8.46. The van der Waals surface area contributed by atoms with Crippen LogP contribution >= 0.6 is 0 Å². The normalized spacial score (nSPS) is 20.1. The predicted molar refractivity (Wildman–Crippen MR) is 113 cm³/mol. The van der Waals surface area contributed by atoms with E-state index in [2.05, 4.69) is 4.90 Å². The fraction of sp³-hybridized carbons (Fsp3) is 0.500. The van der Waals surface area contributed by atoms with Gasteiger partial charge in [0.1, 0.15) is 5.82 Å². The Morgan fingerprint density at radius 1 is 1.06 bits per heavy atom. The summed E-state index contributed by atoms with van der Waals surface area (Å²) < 4.78 is 24.8. The lowest BCUT2D eigenvalue weighted by molar-refractivity contribution is -0.129. The van der Waals surface area contributed by atoms with Crippen LogP contribution in [0, 0.1) is 11.7 Å². The summed E-state index contributed by atoms with van der Waals surface area (Å²) in [5.41, 5.74) is 0.709. The number of Topliss-reactive ketones (excluding diaryl/α,β-unsaturated/α-hetero) is 1. The molecule has 3 heterocycles. The lowest BCUT2D eigenvalue weighted by Crippen LogP contribution is -2.46. The van der Waals surface area contributed by atoms with E-state index < -0.39 is 11.7 Å². The summed E-state index contributed by atoms with van der Waals surface area (Å²) in [5.74, 6) is -0.942. The number of piperidine rings is 1. The minimum atomic E-state index is -0.611. The maximum atomic E-state index is 13.9. The monoisotopic (exact) mass is 428 g/mol. The first-order valence-corrected chi connectivity index (χ1v) is 11.0. The van der Waals surface area contributed by atoms with Crippen molar-refractivity contribution in [2.24, 2.45) is 5.92 Å². The lowest BCUT2D eigenvalue weighted by atomic mass is 9.95. The Bertz CT molecular complexity index is 871. The molecule has 0 saturated carbocycles. The molecule has 166 valence electrons. The summed E-state index contributed by atoms with van der Waals surface area (Å²) in [6, 6.07) is 10.0. The van der Waals surface area contributed by atoms with Crippen LogP contribution in [0.5, 0.6) is 0 Å². The Hall–Kier alpha value is -2.51. The summed E-state index contributed by atoms with van der Waals surface area (Å²) in [5, 5.41) is 0. The zero-order chi connectivity index (χ0) is 21.6. The molecule has 2 aliphatic rings. The van der Waals surface area contributed by atoms with Gasteiger partial charge in [-0.2, -0.15) is 0 Å². The molecule has 1 atom stereocenters. The Balaban J connectivity index is 1.35. The Kier molecular flexibility index (Phi) is 7.14. The van der Waals surface area contributed by atoms with Crippen LogP contribution in [0.15, 0.2) is 47.1 Å². The van der Waals surface area contributed by atoms with Gasteiger partial charge in [0.25, 0.3) is 11.7 Å².